The number of methoxy groups -OCH3 is 1. The molecule has 0 spiro atoms. The second-order valence-corrected chi connectivity index (χ2v) is 6.26. The first kappa shape index (κ1) is 18.1. The van der Waals surface area contributed by atoms with Crippen LogP contribution in [-0.2, 0) is 26.0 Å². The predicted molar refractivity (Wildman–Crippen MR) is 81.5 cm³/mol. The van der Waals surface area contributed by atoms with Gasteiger partial charge < -0.3 is 15.2 Å². The summed E-state index contributed by atoms with van der Waals surface area (Å²) in [6.45, 7) is 2.32. The number of nitrogens with one attached hydrogen (secondary N) is 1. The Balaban J connectivity index is 2.33. The summed E-state index contributed by atoms with van der Waals surface area (Å²) in [5, 5.41) is 0. The minimum atomic E-state index is -3.50. The van der Waals surface area contributed by atoms with Gasteiger partial charge in [-0.05, 0) is 24.5 Å². The van der Waals surface area contributed by atoms with Gasteiger partial charge in [0, 0.05) is 26.8 Å². The fourth-order valence-electron chi connectivity index (χ4n) is 1.79. The van der Waals surface area contributed by atoms with E-state index in [2.05, 4.69) is 4.72 Å². The molecule has 6 nitrogen and oxygen atoms in total. The summed E-state index contributed by atoms with van der Waals surface area (Å²) in [6.07, 6.45) is 1.52. The standard InChI is InChI=1S/C14H24N2O4S/c1-19-10-11-20-9-5-4-8-16-21(17,18)14-7-3-2-6-13(14)12-15/h2-3,6-7,16H,4-5,8-12,15H2,1H3. The lowest BCUT2D eigenvalue weighted by atomic mass is 10.2. The van der Waals surface area contributed by atoms with Crippen molar-refractivity contribution in [3.63, 3.8) is 0 Å². The second-order valence-electron chi connectivity index (χ2n) is 4.52. The predicted octanol–water partition coefficient (Wildman–Crippen LogP) is 0.867. The van der Waals surface area contributed by atoms with E-state index in [1.165, 1.54) is 0 Å². The van der Waals surface area contributed by atoms with Crippen LogP contribution in [0.25, 0.3) is 0 Å². The molecular weight excluding hydrogens is 292 g/mol. The van der Waals surface area contributed by atoms with E-state index in [9.17, 15) is 8.42 Å². The third kappa shape index (κ3) is 6.54. The van der Waals surface area contributed by atoms with Crippen molar-refractivity contribution in [1.82, 2.24) is 4.72 Å². The fraction of sp³-hybridized carbons (Fsp3) is 0.571. The van der Waals surface area contributed by atoms with Crippen LogP contribution in [0, 0.1) is 0 Å². The number of rotatable bonds is 11. The number of unbranched alkanes of at least 4 members (excludes halogenated alkanes) is 1. The molecule has 7 heteroatoms. The highest BCUT2D eigenvalue weighted by Crippen LogP contribution is 2.14. The topological polar surface area (TPSA) is 90.6 Å². The van der Waals surface area contributed by atoms with Crippen molar-refractivity contribution >= 4 is 10.0 Å². The quantitative estimate of drug-likeness (QED) is 0.591. The van der Waals surface area contributed by atoms with Crippen LogP contribution < -0.4 is 10.5 Å². The van der Waals surface area contributed by atoms with E-state index in [-0.39, 0.29) is 11.4 Å². The number of nitrogens with two attached hydrogens (primary N) is 1. The van der Waals surface area contributed by atoms with Crippen molar-refractivity contribution < 1.29 is 17.9 Å². The van der Waals surface area contributed by atoms with Gasteiger partial charge in [-0.15, -0.1) is 0 Å². The van der Waals surface area contributed by atoms with E-state index in [0.717, 1.165) is 12.8 Å². The van der Waals surface area contributed by atoms with Crippen LogP contribution in [0.15, 0.2) is 29.2 Å². The van der Waals surface area contributed by atoms with Crippen molar-refractivity contribution in [2.24, 2.45) is 5.73 Å². The molecule has 0 aromatic heterocycles. The van der Waals surface area contributed by atoms with Gasteiger partial charge in [0.2, 0.25) is 10.0 Å². The summed E-state index contributed by atoms with van der Waals surface area (Å²) in [6, 6.07) is 6.76. The van der Waals surface area contributed by atoms with Crippen molar-refractivity contribution in [3.05, 3.63) is 29.8 Å². The summed E-state index contributed by atoms with van der Waals surface area (Å²) in [4.78, 5) is 0.254. The Morgan fingerprint density at radius 2 is 1.90 bits per heavy atom. The Morgan fingerprint density at radius 1 is 1.14 bits per heavy atom. The largest absolute Gasteiger partial charge is 0.382 e. The van der Waals surface area contributed by atoms with E-state index in [4.69, 9.17) is 15.2 Å². The van der Waals surface area contributed by atoms with Gasteiger partial charge in [0.1, 0.15) is 0 Å². The Hall–Kier alpha value is -0.990. The van der Waals surface area contributed by atoms with Crippen molar-refractivity contribution in [2.45, 2.75) is 24.3 Å². The summed E-state index contributed by atoms with van der Waals surface area (Å²) in [5.41, 5.74) is 6.18. The molecule has 0 aliphatic carbocycles. The van der Waals surface area contributed by atoms with Crippen LogP contribution in [0.2, 0.25) is 0 Å². The molecule has 0 atom stereocenters. The van der Waals surface area contributed by atoms with E-state index in [1.807, 2.05) is 0 Å². The van der Waals surface area contributed by atoms with Crippen LogP contribution in [0.3, 0.4) is 0 Å². The molecule has 0 saturated carbocycles. The monoisotopic (exact) mass is 316 g/mol. The molecule has 0 amide bonds. The Bertz CT molecular complexity index is 505. The van der Waals surface area contributed by atoms with E-state index >= 15 is 0 Å². The van der Waals surface area contributed by atoms with Gasteiger partial charge in [0.05, 0.1) is 18.1 Å². The molecule has 1 rings (SSSR count). The van der Waals surface area contributed by atoms with Gasteiger partial charge in [-0.25, -0.2) is 13.1 Å². The smallest absolute Gasteiger partial charge is 0.240 e. The number of hydrogen-bond donors (Lipinski definition) is 2. The first-order valence-electron chi connectivity index (χ1n) is 6.96. The molecule has 0 fully saturated rings. The number of benzene rings is 1. The maximum absolute atomic E-state index is 12.2. The summed E-state index contributed by atoms with van der Waals surface area (Å²) < 4.78 is 37.1. The lowest BCUT2D eigenvalue weighted by molar-refractivity contribution is 0.0689. The molecule has 1 aromatic rings. The van der Waals surface area contributed by atoms with E-state index in [0.29, 0.717) is 31.9 Å². The molecule has 0 bridgehead atoms. The number of sulfonamides is 1. The van der Waals surface area contributed by atoms with Crippen LogP contribution in [0.5, 0.6) is 0 Å². The van der Waals surface area contributed by atoms with Crippen molar-refractivity contribution in [2.75, 3.05) is 33.5 Å². The third-order valence-corrected chi connectivity index (χ3v) is 4.48. The molecular formula is C14H24N2O4S. The second kappa shape index (κ2) is 9.86. The lowest BCUT2D eigenvalue weighted by Gasteiger charge is -2.10. The van der Waals surface area contributed by atoms with E-state index in [1.54, 1.807) is 31.4 Å². The summed E-state index contributed by atoms with van der Waals surface area (Å²) in [7, 11) is -1.87. The van der Waals surface area contributed by atoms with Crippen LogP contribution in [0.4, 0.5) is 0 Å². The van der Waals surface area contributed by atoms with Gasteiger partial charge >= 0.3 is 0 Å². The number of hydrogen-bond acceptors (Lipinski definition) is 5. The average Bonchev–Trinajstić information content (AvgIpc) is 2.50. The Morgan fingerprint density at radius 3 is 2.62 bits per heavy atom. The summed E-state index contributed by atoms with van der Waals surface area (Å²) in [5.74, 6) is 0. The molecule has 0 unspecified atom stereocenters. The lowest BCUT2D eigenvalue weighted by Crippen LogP contribution is -2.26. The molecule has 0 radical (unpaired) electrons. The molecule has 21 heavy (non-hydrogen) atoms. The van der Waals surface area contributed by atoms with E-state index < -0.39 is 10.0 Å². The Kier molecular flexibility index (Phi) is 8.48. The molecule has 0 aliphatic rings. The molecule has 3 N–H and O–H groups in total. The minimum absolute atomic E-state index is 0.199. The molecule has 120 valence electrons. The van der Waals surface area contributed by atoms with Crippen molar-refractivity contribution in [1.29, 1.82) is 0 Å². The van der Waals surface area contributed by atoms with Gasteiger partial charge in [0.25, 0.3) is 0 Å². The highest BCUT2D eigenvalue weighted by Gasteiger charge is 2.16. The SMILES string of the molecule is COCCOCCCCNS(=O)(=O)c1ccccc1CN. The molecule has 1 aromatic carbocycles. The zero-order valence-corrected chi connectivity index (χ0v) is 13.2. The molecule has 0 heterocycles. The van der Waals surface area contributed by atoms with Crippen LogP contribution in [0.1, 0.15) is 18.4 Å². The average molecular weight is 316 g/mol. The van der Waals surface area contributed by atoms with Gasteiger partial charge in [-0.3, -0.25) is 0 Å². The summed E-state index contributed by atoms with van der Waals surface area (Å²) >= 11 is 0. The normalized spacial score (nSPS) is 11.7. The van der Waals surface area contributed by atoms with Crippen LogP contribution in [-0.4, -0.2) is 41.9 Å². The first-order chi connectivity index (χ1) is 10.1. The van der Waals surface area contributed by atoms with Gasteiger partial charge in [-0.2, -0.15) is 0 Å². The van der Waals surface area contributed by atoms with Crippen LogP contribution >= 0.6 is 0 Å². The zero-order valence-electron chi connectivity index (χ0n) is 12.4. The zero-order chi connectivity index (χ0) is 15.6. The van der Waals surface area contributed by atoms with Gasteiger partial charge in [0.15, 0.2) is 0 Å². The number of ether oxygens (including phenoxy) is 2. The highest BCUT2D eigenvalue weighted by molar-refractivity contribution is 7.89. The third-order valence-electron chi connectivity index (χ3n) is 2.92. The first-order valence-corrected chi connectivity index (χ1v) is 8.44. The molecule has 0 saturated heterocycles. The van der Waals surface area contributed by atoms with Crippen molar-refractivity contribution in [3.8, 4) is 0 Å². The van der Waals surface area contributed by atoms with Gasteiger partial charge in [-0.1, -0.05) is 18.2 Å². The Labute approximate surface area is 126 Å². The maximum atomic E-state index is 12.2. The highest BCUT2D eigenvalue weighted by atomic mass is 32.2. The molecule has 0 aliphatic heterocycles. The fourth-order valence-corrected chi connectivity index (χ4v) is 3.12. The minimum Gasteiger partial charge on any atom is -0.382 e. The maximum Gasteiger partial charge on any atom is 0.240 e.